The first-order valence-electron chi connectivity index (χ1n) is 10.4. The number of ether oxygens (including phenoxy) is 1. The highest BCUT2D eigenvalue weighted by Gasteiger charge is 2.20. The number of amides is 1. The first-order chi connectivity index (χ1) is 15.8. The number of pyridine rings is 2. The average molecular weight is 446 g/mol. The minimum Gasteiger partial charge on any atom is -0.454 e. The number of aryl methyl sites for hydroxylation is 2. The van der Waals surface area contributed by atoms with Gasteiger partial charge in [-0.15, -0.1) is 0 Å². The third-order valence-corrected chi connectivity index (χ3v) is 5.56. The Morgan fingerprint density at radius 3 is 2.67 bits per heavy atom. The maximum atomic E-state index is 14.6. The van der Waals surface area contributed by atoms with Gasteiger partial charge in [-0.05, 0) is 49.2 Å². The molecule has 0 unspecified atom stereocenters. The average Bonchev–Trinajstić information content (AvgIpc) is 2.79. The van der Waals surface area contributed by atoms with E-state index in [1.807, 2.05) is 29.7 Å². The van der Waals surface area contributed by atoms with Crippen LogP contribution in [0.25, 0.3) is 10.9 Å². The second-order valence-electron chi connectivity index (χ2n) is 7.67. The number of anilines is 2. The number of carbonyl (C=O) groups excluding carboxylic acids is 1. The summed E-state index contributed by atoms with van der Waals surface area (Å²) in [6.07, 6.45) is 2.22. The molecule has 0 bridgehead atoms. The second kappa shape index (κ2) is 8.74. The Morgan fingerprint density at radius 1 is 1.18 bits per heavy atom. The molecule has 2 aromatic heterocycles. The molecule has 0 aliphatic rings. The summed E-state index contributed by atoms with van der Waals surface area (Å²) in [6.45, 7) is 3.71. The van der Waals surface area contributed by atoms with E-state index in [0.717, 1.165) is 23.6 Å². The van der Waals surface area contributed by atoms with Crippen LogP contribution in [0.5, 0.6) is 11.5 Å². The number of nitrogens with zero attached hydrogens (tertiary/aromatic N) is 2. The van der Waals surface area contributed by atoms with Gasteiger partial charge in [0.15, 0.2) is 11.6 Å². The number of nitrogen functional groups attached to an aromatic ring is 1. The molecule has 2 heterocycles. The van der Waals surface area contributed by atoms with E-state index >= 15 is 0 Å². The zero-order valence-electron chi connectivity index (χ0n) is 18.5. The zero-order valence-corrected chi connectivity index (χ0v) is 18.5. The predicted octanol–water partition coefficient (Wildman–Crippen LogP) is 4.57. The summed E-state index contributed by atoms with van der Waals surface area (Å²) in [5, 5.41) is 3.10. The van der Waals surface area contributed by atoms with E-state index in [-0.39, 0.29) is 28.2 Å². The lowest BCUT2D eigenvalue weighted by molar-refractivity contribution is 0.102. The van der Waals surface area contributed by atoms with Crippen molar-refractivity contribution in [2.24, 2.45) is 7.05 Å². The Morgan fingerprint density at radius 2 is 1.97 bits per heavy atom. The van der Waals surface area contributed by atoms with Crippen molar-refractivity contribution in [1.82, 2.24) is 9.55 Å². The molecule has 4 rings (SSSR count). The summed E-state index contributed by atoms with van der Waals surface area (Å²) in [5.74, 6) is -0.746. The van der Waals surface area contributed by atoms with Gasteiger partial charge in [-0.25, -0.2) is 9.37 Å². The van der Waals surface area contributed by atoms with Crippen molar-refractivity contribution in [3.05, 3.63) is 87.6 Å². The van der Waals surface area contributed by atoms with Gasteiger partial charge in [0.05, 0.1) is 5.52 Å². The molecule has 0 aliphatic heterocycles. The van der Waals surface area contributed by atoms with E-state index in [1.165, 1.54) is 24.4 Å². The van der Waals surface area contributed by atoms with Crippen LogP contribution in [0.1, 0.15) is 28.5 Å². The molecule has 0 aliphatic carbocycles. The second-order valence-corrected chi connectivity index (χ2v) is 7.67. The fourth-order valence-corrected chi connectivity index (χ4v) is 3.67. The van der Waals surface area contributed by atoms with Gasteiger partial charge in [0, 0.05) is 42.1 Å². The largest absolute Gasteiger partial charge is 0.454 e. The SMILES string of the molecule is CCc1ccc2c(c1)c(=O)c(C(=O)Nc1ccc(Oc3ccnc(N)c3)c(F)c1)c(C)n2C. The van der Waals surface area contributed by atoms with E-state index in [9.17, 15) is 14.0 Å². The fourth-order valence-electron chi connectivity index (χ4n) is 3.67. The number of nitrogens with one attached hydrogen (secondary N) is 1. The Kier molecular flexibility index (Phi) is 5.83. The highest BCUT2D eigenvalue weighted by molar-refractivity contribution is 6.06. The van der Waals surface area contributed by atoms with Gasteiger partial charge in [-0.2, -0.15) is 0 Å². The Labute approximate surface area is 189 Å². The maximum absolute atomic E-state index is 14.6. The van der Waals surface area contributed by atoms with E-state index in [0.29, 0.717) is 16.8 Å². The molecule has 0 radical (unpaired) electrons. The molecule has 0 spiro atoms. The van der Waals surface area contributed by atoms with Crippen molar-refractivity contribution in [2.75, 3.05) is 11.1 Å². The maximum Gasteiger partial charge on any atom is 0.261 e. The van der Waals surface area contributed by atoms with Crippen molar-refractivity contribution in [1.29, 1.82) is 0 Å². The number of hydrogen-bond acceptors (Lipinski definition) is 5. The summed E-state index contributed by atoms with van der Waals surface area (Å²) in [6, 6.07) is 12.7. The molecular weight excluding hydrogens is 423 g/mol. The molecule has 0 fully saturated rings. The van der Waals surface area contributed by atoms with Gasteiger partial charge >= 0.3 is 0 Å². The van der Waals surface area contributed by atoms with E-state index in [2.05, 4.69) is 10.3 Å². The van der Waals surface area contributed by atoms with Crippen LogP contribution in [-0.2, 0) is 13.5 Å². The van der Waals surface area contributed by atoms with Gasteiger partial charge in [-0.3, -0.25) is 9.59 Å². The number of hydrogen-bond donors (Lipinski definition) is 2. The standard InChI is InChI=1S/C25H23FN4O3/c1-4-15-5-7-20-18(11-15)24(31)23(14(2)30(20)3)25(32)29-16-6-8-21(19(26)12-16)33-17-9-10-28-22(27)13-17/h5-13H,4H2,1-3H3,(H2,27,28)(H,29,32). The van der Waals surface area contributed by atoms with Crippen LogP contribution in [-0.4, -0.2) is 15.5 Å². The minimum absolute atomic E-state index is 0.0197. The molecule has 0 atom stereocenters. The number of aromatic nitrogens is 2. The fraction of sp³-hybridized carbons (Fsp3) is 0.160. The van der Waals surface area contributed by atoms with Crippen LogP contribution in [0.15, 0.2) is 59.5 Å². The number of fused-ring (bicyclic) bond motifs is 1. The normalized spacial score (nSPS) is 10.9. The van der Waals surface area contributed by atoms with Crippen molar-refractivity contribution in [3.63, 3.8) is 0 Å². The monoisotopic (exact) mass is 446 g/mol. The first kappa shape index (κ1) is 22.0. The molecular formula is C25H23FN4O3. The molecule has 33 heavy (non-hydrogen) atoms. The quantitative estimate of drug-likeness (QED) is 0.468. The van der Waals surface area contributed by atoms with Crippen molar-refractivity contribution < 1.29 is 13.9 Å². The van der Waals surface area contributed by atoms with Gasteiger partial charge in [0.2, 0.25) is 5.43 Å². The van der Waals surface area contributed by atoms with Gasteiger partial charge in [-0.1, -0.05) is 13.0 Å². The molecule has 4 aromatic rings. The van der Waals surface area contributed by atoms with E-state index in [1.54, 1.807) is 20.0 Å². The summed E-state index contributed by atoms with van der Waals surface area (Å²) < 4.78 is 21.9. The number of nitrogens with two attached hydrogens (primary N) is 1. The topological polar surface area (TPSA) is 99.2 Å². The number of rotatable bonds is 5. The number of benzene rings is 2. The first-order valence-corrected chi connectivity index (χ1v) is 10.4. The predicted molar refractivity (Wildman–Crippen MR) is 126 cm³/mol. The molecule has 0 saturated carbocycles. The van der Waals surface area contributed by atoms with Gasteiger partial charge in [0.1, 0.15) is 17.1 Å². The lowest BCUT2D eigenvalue weighted by Gasteiger charge is -2.15. The highest BCUT2D eigenvalue weighted by atomic mass is 19.1. The molecule has 0 saturated heterocycles. The third-order valence-electron chi connectivity index (χ3n) is 5.56. The lowest BCUT2D eigenvalue weighted by atomic mass is 10.0. The Balaban J connectivity index is 1.64. The smallest absolute Gasteiger partial charge is 0.261 e. The number of halogens is 1. The Bertz CT molecular complexity index is 1450. The molecule has 2 aromatic carbocycles. The van der Waals surface area contributed by atoms with Crippen molar-refractivity contribution >= 4 is 28.3 Å². The molecule has 1 amide bonds. The summed E-state index contributed by atoms with van der Waals surface area (Å²) in [7, 11) is 1.80. The highest BCUT2D eigenvalue weighted by Crippen LogP contribution is 2.27. The van der Waals surface area contributed by atoms with Crippen molar-refractivity contribution in [3.8, 4) is 11.5 Å². The molecule has 168 valence electrons. The lowest BCUT2D eigenvalue weighted by Crippen LogP contribution is -2.26. The van der Waals surface area contributed by atoms with E-state index in [4.69, 9.17) is 10.5 Å². The molecule has 3 N–H and O–H groups in total. The molecule has 7 nitrogen and oxygen atoms in total. The Hall–Kier alpha value is -4.20. The minimum atomic E-state index is -0.682. The summed E-state index contributed by atoms with van der Waals surface area (Å²) in [4.78, 5) is 30.1. The van der Waals surface area contributed by atoms with Crippen LogP contribution in [0.4, 0.5) is 15.9 Å². The third kappa shape index (κ3) is 4.27. The van der Waals surface area contributed by atoms with Crippen LogP contribution >= 0.6 is 0 Å². The summed E-state index contributed by atoms with van der Waals surface area (Å²) in [5.41, 5.74) is 7.74. The molecule has 8 heteroatoms. The van der Waals surface area contributed by atoms with Crippen molar-refractivity contribution in [2.45, 2.75) is 20.3 Å². The van der Waals surface area contributed by atoms with Crippen LogP contribution < -0.4 is 21.2 Å². The van der Waals surface area contributed by atoms with Crippen LogP contribution in [0.3, 0.4) is 0 Å². The summed E-state index contributed by atoms with van der Waals surface area (Å²) >= 11 is 0. The van der Waals surface area contributed by atoms with E-state index < -0.39 is 11.7 Å². The van der Waals surface area contributed by atoms with Gasteiger partial charge < -0.3 is 20.4 Å². The van der Waals surface area contributed by atoms with Gasteiger partial charge in [0.25, 0.3) is 5.91 Å². The van der Waals surface area contributed by atoms with Crippen LogP contribution in [0, 0.1) is 12.7 Å². The number of carbonyl (C=O) groups is 1. The van der Waals surface area contributed by atoms with Crippen LogP contribution in [0.2, 0.25) is 0 Å². The zero-order chi connectivity index (χ0) is 23.7.